The minimum absolute atomic E-state index is 0.121. The zero-order valence-electron chi connectivity index (χ0n) is 13.5. The van der Waals surface area contributed by atoms with E-state index in [1.54, 1.807) is 19.1 Å². The number of hydrogen-bond acceptors (Lipinski definition) is 3. The summed E-state index contributed by atoms with van der Waals surface area (Å²) in [5, 5.41) is 13.5. The number of phenolic OH excluding ortho intramolecular Hbond substituents is 1. The van der Waals surface area contributed by atoms with Gasteiger partial charge >= 0.3 is 5.63 Å². The number of aromatic hydroxyl groups is 1. The van der Waals surface area contributed by atoms with Crippen LogP contribution < -0.4 is 10.9 Å². The van der Waals surface area contributed by atoms with Crippen molar-refractivity contribution in [3.8, 4) is 5.75 Å². The maximum Gasteiger partial charge on any atom is 0.336 e. The summed E-state index contributed by atoms with van der Waals surface area (Å²) in [6.07, 6.45) is 0. The fourth-order valence-electron chi connectivity index (χ4n) is 2.86. The molecule has 0 aliphatic carbocycles. The van der Waals surface area contributed by atoms with Crippen LogP contribution in [-0.2, 0) is 6.54 Å². The summed E-state index contributed by atoms with van der Waals surface area (Å²) < 4.78 is 5.27. The van der Waals surface area contributed by atoms with Gasteiger partial charge in [-0.3, -0.25) is 0 Å². The van der Waals surface area contributed by atoms with Crippen molar-refractivity contribution in [2.45, 2.75) is 26.4 Å². The van der Waals surface area contributed by atoms with Crippen LogP contribution in [0.4, 0.5) is 0 Å². The van der Waals surface area contributed by atoms with Gasteiger partial charge in [0.25, 0.3) is 0 Å². The Morgan fingerprint density at radius 2 is 2.00 bits per heavy atom. The third-order valence-corrected chi connectivity index (χ3v) is 4.65. The van der Waals surface area contributed by atoms with Gasteiger partial charge in [0.15, 0.2) is 0 Å². The Bertz CT molecular complexity index is 949. The molecule has 0 radical (unpaired) electrons. The molecular weight excluding hydrogens is 326 g/mol. The van der Waals surface area contributed by atoms with Crippen molar-refractivity contribution in [1.29, 1.82) is 0 Å². The normalized spacial score (nSPS) is 12.5. The first-order valence-electron chi connectivity index (χ1n) is 7.80. The molecule has 1 atom stereocenters. The molecule has 124 valence electrons. The standard InChI is InChI=1S/C19H18ClNO3/c1-11-17(22)8-7-15-13(9-18(23)24-19(11)15)10-21-12(2)14-5-3-4-6-16(14)20/h3-9,12,21-22H,10H2,1-2H3/p+1/t12-/m1/s1. The monoisotopic (exact) mass is 344 g/mol. The molecule has 3 N–H and O–H groups in total. The Morgan fingerprint density at radius 3 is 2.75 bits per heavy atom. The molecule has 0 fully saturated rings. The van der Waals surface area contributed by atoms with Crippen molar-refractivity contribution < 1.29 is 14.8 Å². The van der Waals surface area contributed by atoms with Crippen LogP contribution in [0.3, 0.4) is 0 Å². The van der Waals surface area contributed by atoms with Gasteiger partial charge in [-0.1, -0.05) is 29.8 Å². The van der Waals surface area contributed by atoms with Gasteiger partial charge in [0.1, 0.15) is 23.9 Å². The zero-order valence-corrected chi connectivity index (χ0v) is 14.3. The van der Waals surface area contributed by atoms with E-state index < -0.39 is 5.63 Å². The van der Waals surface area contributed by atoms with Crippen molar-refractivity contribution >= 4 is 22.6 Å². The Balaban J connectivity index is 1.92. The molecule has 0 unspecified atom stereocenters. The fraction of sp³-hybridized carbons (Fsp3) is 0.211. The van der Waals surface area contributed by atoms with Crippen molar-refractivity contribution in [3.63, 3.8) is 0 Å². The molecule has 1 heterocycles. The minimum atomic E-state index is -0.412. The molecule has 3 rings (SSSR count). The molecule has 0 aliphatic rings. The summed E-state index contributed by atoms with van der Waals surface area (Å²) in [5.74, 6) is 0.121. The van der Waals surface area contributed by atoms with Gasteiger partial charge in [0, 0.05) is 33.2 Å². The second-order valence-corrected chi connectivity index (χ2v) is 6.33. The molecule has 0 saturated carbocycles. The maximum atomic E-state index is 11.9. The summed E-state index contributed by atoms with van der Waals surface area (Å²) in [4.78, 5) is 11.9. The maximum absolute atomic E-state index is 11.9. The molecule has 5 heteroatoms. The van der Waals surface area contributed by atoms with Crippen molar-refractivity contribution in [3.05, 3.63) is 74.6 Å². The Morgan fingerprint density at radius 1 is 1.25 bits per heavy atom. The molecule has 4 nitrogen and oxygen atoms in total. The first-order valence-corrected chi connectivity index (χ1v) is 8.18. The molecule has 2 aromatic carbocycles. The van der Waals surface area contributed by atoms with Crippen LogP contribution in [0.5, 0.6) is 5.75 Å². The summed E-state index contributed by atoms with van der Waals surface area (Å²) in [6, 6.07) is 12.8. The lowest BCUT2D eigenvalue weighted by atomic mass is 10.0. The number of benzene rings is 2. The molecule has 24 heavy (non-hydrogen) atoms. The quantitative estimate of drug-likeness (QED) is 0.714. The van der Waals surface area contributed by atoms with E-state index in [0.29, 0.717) is 17.7 Å². The average Bonchev–Trinajstić information content (AvgIpc) is 2.56. The van der Waals surface area contributed by atoms with Gasteiger partial charge in [0.2, 0.25) is 0 Å². The van der Waals surface area contributed by atoms with Gasteiger partial charge in [-0.2, -0.15) is 0 Å². The Hall–Kier alpha value is -2.30. The lowest BCUT2D eigenvalue weighted by Gasteiger charge is -2.13. The molecule has 1 aromatic heterocycles. The van der Waals surface area contributed by atoms with Gasteiger partial charge in [-0.15, -0.1) is 0 Å². The number of aryl methyl sites for hydroxylation is 1. The number of phenols is 1. The lowest BCUT2D eigenvalue weighted by Crippen LogP contribution is -2.83. The van der Waals surface area contributed by atoms with Gasteiger partial charge in [-0.05, 0) is 32.0 Å². The van der Waals surface area contributed by atoms with E-state index in [2.05, 4.69) is 12.2 Å². The number of hydrogen-bond donors (Lipinski definition) is 2. The number of fused-ring (bicyclic) bond motifs is 1. The molecule has 0 bridgehead atoms. The van der Waals surface area contributed by atoms with Crippen LogP contribution in [-0.4, -0.2) is 5.11 Å². The molecule has 0 aliphatic heterocycles. The highest BCUT2D eigenvalue weighted by Gasteiger charge is 2.15. The van der Waals surface area contributed by atoms with Gasteiger partial charge < -0.3 is 14.8 Å². The third-order valence-electron chi connectivity index (χ3n) is 4.31. The molecular formula is C19H19ClNO3+. The fourth-order valence-corrected chi connectivity index (χ4v) is 3.17. The van der Waals surface area contributed by atoms with Gasteiger partial charge in [0.05, 0.1) is 0 Å². The van der Waals surface area contributed by atoms with Crippen molar-refractivity contribution in [1.82, 2.24) is 0 Å². The van der Waals surface area contributed by atoms with E-state index in [1.807, 2.05) is 24.3 Å². The van der Waals surface area contributed by atoms with Crippen LogP contribution in [0.1, 0.15) is 29.7 Å². The van der Waals surface area contributed by atoms with Crippen molar-refractivity contribution in [2.75, 3.05) is 0 Å². The van der Waals surface area contributed by atoms with Crippen LogP contribution in [0, 0.1) is 6.92 Å². The van der Waals surface area contributed by atoms with E-state index in [-0.39, 0.29) is 11.8 Å². The number of rotatable bonds is 4. The molecule has 0 saturated heterocycles. The summed E-state index contributed by atoms with van der Waals surface area (Å²) in [7, 11) is 0. The highest BCUT2D eigenvalue weighted by atomic mass is 35.5. The molecule has 0 amide bonds. The van der Waals surface area contributed by atoms with Crippen LogP contribution in [0.15, 0.2) is 51.7 Å². The minimum Gasteiger partial charge on any atom is -0.508 e. The first kappa shape index (κ1) is 16.6. The van der Waals surface area contributed by atoms with E-state index >= 15 is 0 Å². The number of nitrogens with two attached hydrogens (primary N) is 1. The van der Waals surface area contributed by atoms with E-state index in [4.69, 9.17) is 16.0 Å². The number of quaternary nitrogens is 1. The second kappa shape index (κ2) is 6.67. The van der Waals surface area contributed by atoms with Crippen LogP contribution in [0.25, 0.3) is 11.0 Å². The Kier molecular flexibility index (Phi) is 4.60. The topological polar surface area (TPSA) is 67.1 Å². The SMILES string of the molecule is Cc1c(O)ccc2c(C[NH2+][C@H](C)c3ccccc3Cl)cc(=O)oc12. The smallest absolute Gasteiger partial charge is 0.336 e. The van der Waals surface area contributed by atoms with Crippen LogP contribution in [0.2, 0.25) is 5.02 Å². The molecule has 0 spiro atoms. The van der Waals surface area contributed by atoms with Crippen molar-refractivity contribution in [2.24, 2.45) is 0 Å². The van der Waals surface area contributed by atoms with E-state index in [1.165, 1.54) is 6.07 Å². The number of halogens is 1. The van der Waals surface area contributed by atoms with Gasteiger partial charge in [-0.25, -0.2) is 4.79 Å². The average molecular weight is 345 g/mol. The molecule has 3 aromatic rings. The zero-order chi connectivity index (χ0) is 17.3. The highest BCUT2D eigenvalue weighted by Crippen LogP contribution is 2.27. The lowest BCUT2D eigenvalue weighted by molar-refractivity contribution is -0.707. The third kappa shape index (κ3) is 3.16. The summed E-state index contributed by atoms with van der Waals surface area (Å²) >= 11 is 6.25. The first-order chi connectivity index (χ1) is 11.5. The predicted molar refractivity (Wildman–Crippen MR) is 94.4 cm³/mol. The summed E-state index contributed by atoms with van der Waals surface area (Å²) in [5.41, 5.74) is 2.54. The van der Waals surface area contributed by atoms with E-state index in [9.17, 15) is 9.90 Å². The highest BCUT2D eigenvalue weighted by molar-refractivity contribution is 6.31. The summed E-state index contributed by atoms with van der Waals surface area (Å²) in [6.45, 7) is 4.42. The Labute approximate surface area is 144 Å². The van der Waals surface area contributed by atoms with Crippen LogP contribution >= 0.6 is 11.6 Å². The largest absolute Gasteiger partial charge is 0.508 e. The predicted octanol–water partition coefficient (Wildman–Crippen LogP) is 3.29. The van der Waals surface area contributed by atoms with E-state index in [0.717, 1.165) is 21.5 Å². The second-order valence-electron chi connectivity index (χ2n) is 5.93.